The molecule has 8 nitrogen and oxygen atoms in total. The van der Waals surface area contributed by atoms with Gasteiger partial charge in [0.1, 0.15) is 17.3 Å². The predicted molar refractivity (Wildman–Crippen MR) is 125 cm³/mol. The van der Waals surface area contributed by atoms with Gasteiger partial charge in [-0.15, -0.1) is 0 Å². The van der Waals surface area contributed by atoms with Crippen molar-refractivity contribution in [2.24, 2.45) is 0 Å². The van der Waals surface area contributed by atoms with Crippen LogP contribution in [0.5, 0.6) is 0 Å². The molecule has 0 amide bonds. The summed E-state index contributed by atoms with van der Waals surface area (Å²) in [6.45, 7) is 2.66. The number of fused-ring (bicyclic) bond motifs is 1. The average molecular weight is 520 g/mol. The van der Waals surface area contributed by atoms with Crippen LogP contribution in [0.3, 0.4) is 0 Å². The highest BCUT2D eigenvalue weighted by Gasteiger charge is 2.35. The van der Waals surface area contributed by atoms with Crippen molar-refractivity contribution in [3.05, 3.63) is 63.2 Å². The molecule has 5 rings (SSSR count). The Kier molecular flexibility index (Phi) is 6.38. The Bertz CT molecular complexity index is 1430. The van der Waals surface area contributed by atoms with Crippen LogP contribution in [0.1, 0.15) is 78.2 Å². The molecule has 37 heavy (non-hydrogen) atoms. The first-order chi connectivity index (χ1) is 17.5. The third kappa shape index (κ3) is 4.89. The Balaban J connectivity index is 1.61. The zero-order valence-corrected chi connectivity index (χ0v) is 19.8. The largest absolute Gasteiger partial charge is 0.476 e. The fourth-order valence-corrected chi connectivity index (χ4v) is 4.78. The summed E-state index contributed by atoms with van der Waals surface area (Å²) in [6, 6.07) is 3.16. The highest BCUT2D eigenvalue weighted by molar-refractivity contribution is 5.92. The molecule has 2 fully saturated rings. The first-order valence-corrected chi connectivity index (χ1v) is 12.0. The number of halogens is 4. The van der Waals surface area contributed by atoms with Gasteiger partial charge in [0.05, 0.1) is 22.6 Å². The average Bonchev–Trinajstić information content (AvgIpc) is 3.69. The van der Waals surface area contributed by atoms with Crippen molar-refractivity contribution in [1.29, 1.82) is 0 Å². The van der Waals surface area contributed by atoms with Gasteiger partial charge in [-0.1, -0.05) is 0 Å². The van der Waals surface area contributed by atoms with Gasteiger partial charge in [-0.2, -0.15) is 13.2 Å². The van der Waals surface area contributed by atoms with E-state index in [1.807, 2.05) is 0 Å². The number of alkyl halides is 3. The molecule has 1 atom stereocenters. The second kappa shape index (κ2) is 9.40. The number of nitrogens with zero attached hydrogens (tertiary/aromatic N) is 3. The first kappa shape index (κ1) is 25.1. The molecule has 0 unspecified atom stereocenters. The smallest absolute Gasteiger partial charge is 0.433 e. The van der Waals surface area contributed by atoms with Gasteiger partial charge in [0, 0.05) is 30.7 Å². The molecule has 1 saturated carbocycles. The van der Waals surface area contributed by atoms with E-state index in [9.17, 15) is 32.3 Å². The van der Waals surface area contributed by atoms with Crippen molar-refractivity contribution in [1.82, 2.24) is 14.5 Å². The maximum absolute atomic E-state index is 14.7. The Morgan fingerprint density at radius 3 is 2.49 bits per heavy atom. The molecule has 0 spiro atoms. The van der Waals surface area contributed by atoms with Gasteiger partial charge >= 0.3 is 12.1 Å². The van der Waals surface area contributed by atoms with Gasteiger partial charge in [0.2, 0.25) is 0 Å². The van der Waals surface area contributed by atoms with Gasteiger partial charge < -0.3 is 15.2 Å². The van der Waals surface area contributed by atoms with Crippen LogP contribution in [0, 0.1) is 5.82 Å². The summed E-state index contributed by atoms with van der Waals surface area (Å²) < 4.78 is 61.0. The van der Waals surface area contributed by atoms with Crippen molar-refractivity contribution in [2.45, 2.75) is 56.8 Å². The normalized spacial score (nSPS) is 17.6. The summed E-state index contributed by atoms with van der Waals surface area (Å²) in [6.07, 6.45) is -1.77. The van der Waals surface area contributed by atoms with Crippen LogP contribution >= 0.6 is 0 Å². The van der Waals surface area contributed by atoms with Crippen LogP contribution in [0.15, 0.2) is 29.1 Å². The summed E-state index contributed by atoms with van der Waals surface area (Å²) in [5, 5.41) is 12.4. The molecule has 1 saturated heterocycles. The van der Waals surface area contributed by atoms with Crippen LogP contribution in [-0.2, 0) is 10.9 Å². The maximum atomic E-state index is 14.7. The number of carboxylic acids is 1. The quantitative estimate of drug-likeness (QED) is 0.438. The zero-order valence-electron chi connectivity index (χ0n) is 19.8. The second-order valence-electron chi connectivity index (χ2n) is 9.42. The molecule has 2 aromatic heterocycles. The summed E-state index contributed by atoms with van der Waals surface area (Å²) in [7, 11) is 0. The molecule has 2 aliphatic rings. The minimum atomic E-state index is -4.82. The van der Waals surface area contributed by atoms with Crippen molar-refractivity contribution in [3.8, 4) is 0 Å². The molecule has 2 N–H and O–H groups in total. The molecule has 1 aliphatic heterocycles. The van der Waals surface area contributed by atoms with Gasteiger partial charge in [-0.3, -0.25) is 9.36 Å². The highest BCUT2D eigenvalue weighted by Crippen LogP contribution is 2.39. The number of aromatic carboxylic acids is 1. The van der Waals surface area contributed by atoms with E-state index in [1.165, 1.54) is 6.07 Å². The molecular weight excluding hydrogens is 496 g/mol. The number of rotatable bonds is 6. The number of nitrogens with one attached hydrogen (secondary N) is 1. The van der Waals surface area contributed by atoms with Crippen molar-refractivity contribution in [3.63, 3.8) is 0 Å². The van der Waals surface area contributed by atoms with Gasteiger partial charge in [0.15, 0.2) is 5.69 Å². The highest BCUT2D eigenvalue weighted by atomic mass is 19.4. The molecule has 12 heteroatoms. The Labute approximate surface area is 208 Å². The number of benzene rings is 1. The van der Waals surface area contributed by atoms with Gasteiger partial charge in [0.25, 0.3) is 5.56 Å². The van der Waals surface area contributed by atoms with Crippen molar-refractivity contribution in [2.75, 3.05) is 18.5 Å². The van der Waals surface area contributed by atoms with Crippen LogP contribution < -0.4 is 10.9 Å². The summed E-state index contributed by atoms with van der Waals surface area (Å²) >= 11 is 0. The standard InChI is InChI=1S/C25H24F4N4O4/c1-12(30-18-4-5-19(25(27,28)29)31-21(18)24(35)36)16-10-14(26)11-17-20(16)32-22(13-6-8-37-9-7-13)33(23(17)34)15-2-3-15/h4-5,10-13,15,30H,2-3,6-9H2,1H3,(H,35,36)/t12-/m1/s1. The molecule has 0 bridgehead atoms. The third-order valence-corrected chi connectivity index (χ3v) is 6.75. The first-order valence-electron chi connectivity index (χ1n) is 12.0. The lowest BCUT2D eigenvalue weighted by Gasteiger charge is -2.26. The third-order valence-electron chi connectivity index (χ3n) is 6.75. The lowest BCUT2D eigenvalue weighted by atomic mass is 9.97. The Morgan fingerprint density at radius 1 is 1.16 bits per heavy atom. The van der Waals surface area contributed by atoms with E-state index in [1.54, 1.807) is 11.5 Å². The van der Waals surface area contributed by atoms with Crippen LogP contribution in [0.25, 0.3) is 10.9 Å². The number of pyridine rings is 1. The predicted octanol–water partition coefficient (Wildman–Crippen LogP) is 5.05. The fraction of sp³-hybridized carbons (Fsp3) is 0.440. The molecule has 3 aromatic rings. The maximum Gasteiger partial charge on any atom is 0.433 e. The van der Waals surface area contributed by atoms with E-state index in [0.29, 0.717) is 37.9 Å². The number of carboxylic acid groups (broad SMARTS) is 1. The second-order valence-corrected chi connectivity index (χ2v) is 9.42. The number of aromatic nitrogens is 3. The summed E-state index contributed by atoms with van der Waals surface area (Å²) in [5.41, 5.74) is -2.15. The van der Waals surface area contributed by atoms with E-state index in [2.05, 4.69) is 10.3 Å². The fourth-order valence-electron chi connectivity index (χ4n) is 4.78. The van der Waals surface area contributed by atoms with Gasteiger partial charge in [-0.25, -0.2) is 19.2 Å². The minimum Gasteiger partial charge on any atom is -0.476 e. The molecule has 3 heterocycles. The number of hydrogen-bond donors (Lipinski definition) is 2. The lowest BCUT2D eigenvalue weighted by molar-refractivity contribution is -0.141. The number of hydrogen-bond acceptors (Lipinski definition) is 6. The monoisotopic (exact) mass is 520 g/mol. The minimum absolute atomic E-state index is 0.00894. The topological polar surface area (TPSA) is 106 Å². The molecule has 0 radical (unpaired) electrons. The van der Waals surface area contributed by atoms with E-state index >= 15 is 0 Å². The molecule has 1 aromatic carbocycles. The summed E-state index contributed by atoms with van der Waals surface area (Å²) in [4.78, 5) is 33.3. The zero-order chi connectivity index (χ0) is 26.5. The van der Waals surface area contributed by atoms with E-state index in [-0.39, 0.29) is 39.7 Å². The van der Waals surface area contributed by atoms with Crippen LogP contribution in [0.4, 0.5) is 23.2 Å². The SMILES string of the molecule is C[C@@H](Nc1ccc(C(F)(F)F)nc1C(=O)O)c1cc(F)cc2c(=O)n(C3CC3)c(C3CCOCC3)nc12. The Hall–Kier alpha value is -3.54. The van der Waals surface area contributed by atoms with E-state index in [0.717, 1.165) is 25.0 Å². The van der Waals surface area contributed by atoms with Crippen LogP contribution in [0.2, 0.25) is 0 Å². The van der Waals surface area contributed by atoms with Gasteiger partial charge in [-0.05, 0) is 56.9 Å². The summed E-state index contributed by atoms with van der Waals surface area (Å²) in [5.74, 6) is -1.73. The lowest BCUT2D eigenvalue weighted by Crippen LogP contribution is -2.29. The van der Waals surface area contributed by atoms with Crippen LogP contribution in [-0.4, -0.2) is 38.8 Å². The number of anilines is 1. The molecule has 1 aliphatic carbocycles. The Morgan fingerprint density at radius 2 is 1.86 bits per heavy atom. The number of carbonyl (C=O) groups is 1. The van der Waals surface area contributed by atoms with Crippen molar-refractivity contribution < 1.29 is 32.2 Å². The van der Waals surface area contributed by atoms with E-state index < -0.39 is 35.4 Å². The number of ether oxygens (including phenoxy) is 1. The van der Waals surface area contributed by atoms with Crippen molar-refractivity contribution >= 4 is 22.6 Å². The molecule has 196 valence electrons. The molecular formula is C25H24F4N4O4. The van der Waals surface area contributed by atoms with E-state index in [4.69, 9.17) is 9.72 Å².